The molecular weight excluding hydrogens is 262 g/mol. The number of hydrogen-bond donors (Lipinski definition) is 1. The summed E-state index contributed by atoms with van der Waals surface area (Å²) in [7, 11) is 0. The van der Waals surface area contributed by atoms with Gasteiger partial charge in [0.2, 0.25) is 0 Å². The van der Waals surface area contributed by atoms with E-state index < -0.39 is 11.4 Å². The molecule has 1 aliphatic heterocycles. The lowest BCUT2D eigenvalue weighted by Gasteiger charge is -2.33. The first-order valence-electron chi connectivity index (χ1n) is 8.02. The number of carbonyl (C=O) groups is 1. The summed E-state index contributed by atoms with van der Waals surface area (Å²) >= 11 is 0. The Bertz CT molecular complexity index is 471. The molecule has 1 fully saturated rings. The van der Waals surface area contributed by atoms with Gasteiger partial charge in [-0.05, 0) is 30.9 Å². The lowest BCUT2D eigenvalue weighted by Crippen LogP contribution is -2.37. The lowest BCUT2D eigenvalue weighted by atomic mass is 9.82. The molecule has 0 aromatic heterocycles. The Morgan fingerprint density at radius 3 is 2.52 bits per heavy atom. The molecule has 2 rings (SSSR count). The fourth-order valence-electron chi connectivity index (χ4n) is 3.77. The molecule has 3 heteroatoms. The zero-order chi connectivity index (χ0) is 15.5. The van der Waals surface area contributed by atoms with E-state index >= 15 is 0 Å². The van der Waals surface area contributed by atoms with E-state index in [1.54, 1.807) is 0 Å². The maximum atomic E-state index is 11.8. The van der Waals surface area contributed by atoms with Gasteiger partial charge >= 0.3 is 5.97 Å². The van der Waals surface area contributed by atoms with Crippen LogP contribution in [0.2, 0.25) is 0 Å². The van der Waals surface area contributed by atoms with Crippen LogP contribution in [-0.4, -0.2) is 29.1 Å². The second kappa shape index (κ2) is 6.61. The lowest BCUT2D eigenvalue weighted by molar-refractivity contribution is -0.148. The monoisotopic (exact) mass is 289 g/mol. The summed E-state index contributed by atoms with van der Waals surface area (Å²) in [5, 5.41) is 9.68. The number of hydrogen-bond acceptors (Lipinski definition) is 2. The molecule has 0 radical (unpaired) electrons. The van der Waals surface area contributed by atoms with E-state index in [-0.39, 0.29) is 0 Å². The summed E-state index contributed by atoms with van der Waals surface area (Å²) in [5.41, 5.74) is 0.751. The number of carboxylic acids is 1. The number of likely N-dealkylation sites (tertiary alicyclic amines) is 1. The van der Waals surface area contributed by atoms with E-state index in [0.717, 1.165) is 25.8 Å². The molecule has 0 saturated carbocycles. The van der Waals surface area contributed by atoms with E-state index in [1.165, 1.54) is 5.56 Å². The highest BCUT2D eigenvalue weighted by atomic mass is 16.4. The van der Waals surface area contributed by atoms with Crippen molar-refractivity contribution in [1.29, 1.82) is 0 Å². The third-order valence-electron chi connectivity index (χ3n) is 4.73. The van der Waals surface area contributed by atoms with Crippen LogP contribution in [0.4, 0.5) is 0 Å². The smallest absolute Gasteiger partial charge is 0.310 e. The van der Waals surface area contributed by atoms with Gasteiger partial charge in [-0.3, -0.25) is 9.69 Å². The van der Waals surface area contributed by atoms with Crippen LogP contribution in [0.5, 0.6) is 0 Å². The van der Waals surface area contributed by atoms with Crippen molar-refractivity contribution in [2.45, 2.75) is 46.1 Å². The van der Waals surface area contributed by atoms with Crippen LogP contribution in [0.25, 0.3) is 0 Å². The summed E-state index contributed by atoms with van der Waals surface area (Å²) < 4.78 is 0. The molecule has 0 amide bonds. The fourth-order valence-corrected chi connectivity index (χ4v) is 3.77. The van der Waals surface area contributed by atoms with Gasteiger partial charge in [0.1, 0.15) is 0 Å². The highest BCUT2D eigenvalue weighted by Crippen LogP contribution is 2.41. The van der Waals surface area contributed by atoms with Gasteiger partial charge in [0.25, 0.3) is 0 Å². The van der Waals surface area contributed by atoms with Crippen LogP contribution in [0.3, 0.4) is 0 Å². The summed E-state index contributed by atoms with van der Waals surface area (Å²) in [6.45, 7) is 8.07. The van der Waals surface area contributed by atoms with Crippen molar-refractivity contribution in [3.63, 3.8) is 0 Å². The second-order valence-electron chi connectivity index (χ2n) is 6.66. The second-order valence-corrected chi connectivity index (χ2v) is 6.66. The summed E-state index contributed by atoms with van der Waals surface area (Å²) in [6.07, 6.45) is 2.47. The van der Waals surface area contributed by atoms with Gasteiger partial charge in [-0.1, -0.05) is 57.5 Å². The van der Waals surface area contributed by atoms with Crippen molar-refractivity contribution >= 4 is 5.97 Å². The predicted octanol–water partition coefficient (Wildman–Crippen LogP) is 3.96. The molecule has 1 saturated heterocycles. The van der Waals surface area contributed by atoms with E-state index in [2.05, 4.69) is 49.9 Å². The topological polar surface area (TPSA) is 40.5 Å². The van der Waals surface area contributed by atoms with Crippen molar-refractivity contribution in [1.82, 2.24) is 4.90 Å². The van der Waals surface area contributed by atoms with Crippen LogP contribution in [-0.2, 0) is 4.79 Å². The van der Waals surface area contributed by atoms with Crippen molar-refractivity contribution < 1.29 is 9.90 Å². The SMILES string of the molecule is CCCC1(C(=O)O)CCN(C(c2ccccc2)C(C)C)C1. The molecular formula is C18H27NO2. The maximum Gasteiger partial charge on any atom is 0.310 e. The van der Waals surface area contributed by atoms with Gasteiger partial charge in [0.15, 0.2) is 0 Å². The van der Waals surface area contributed by atoms with Crippen LogP contribution in [0.1, 0.15) is 51.6 Å². The average Bonchev–Trinajstić information content (AvgIpc) is 2.85. The van der Waals surface area contributed by atoms with Crippen LogP contribution >= 0.6 is 0 Å². The van der Waals surface area contributed by atoms with Crippen molar-refractivity contribution in [3.8, 4) is 0 Å². The summed E-state index contributed by atoms with van der Waals surface area (Å²) in [6, 6.07) is 10.8. The van der Waals surface area contributed by atoms with E-state index in [1.807, 2.05) is 6.07 Å². The molecule has 2 unspecified atom stereocenters. The molecule has 0 aliphatic carbocycles. The van der Waals surface area contributed by atoms with Gasteiger partial charge in [-0.25, -0.2) is 0 Å². The zero-order valence-corrected chi connectivity index (χ0v) is 13.4. The normalized spacial score (nSPS) is 24.4. The van der Waals surface area contributed by atoms with E-state index in [4.69, 9.17) is 0 Å². The molecule has 1 aromatic rings. The zero-order valence-electron chi connectivity index (χ0n) is 13.4. The van der Waals surface area contributed by atoms with Gasteiger partial charge in [-0.15, -0.1) is 0 Å². The Balaban J connectivity index is 2.22. The molecule has 21 heavy (non-hydrogen) atoms. The first-order chi connectivity index (χ1) is 10.00. The molecule has 2 atom stereocenters. The Labute approximate surface area is 128 Å². The predicted molar refractivity (Wildman–Crippen MR) is 85.2 cm³/mol. The first kappa shape index (κ1) is 16.0. The highest BCUT2D eigenvalue weighted by Gasteiger charge is 2.46. The minimum Gasteiger partial charge on any atom is -0.481 e. The number of carboxylic acid groups (broad SMARTS) is 1. The molecule has 1 heterocycles. The molecule has 1 aliphatic rings. The fraction of sp³-hybridized carbons (Fsp3) is 0.611. The number of rotatable bonds is 6. The van der Waals surface area contributed by atoms with Gasteiger partial charge in [-0.2, -0.15) is 0 Å². The first-order valence-corrected chi connectivity index (χ1v) is 8.02. The minimum absolute atomic E-state index is 0.310. The Morgan fingerprint density at radius 2 is 2.00 bits per heavy atom. The molecule has 0 spiro atoms. The van der Waals surface area contributed by atoms with Crippen molar-refractivity contribution in [2.75, 3.05) is 13.1 Å². The summed E-state index contributed by atoms with van der Waals surface area (Å²) in [5.74, 6) is -0.152. The van der Waals surface area contributed by atoms with Crippen LogP contribution < -0.4 is 0 Å². The van der Waals surface area contributed by atoms with Gasteiger partial charge in [0, 0.05) is 12.6 Å². The third-order valence-corrected chi connectivity index (χ3v) is 4.73. The maximum absolute atomic E-state index is 11.8. The number of aliphatic carboxylic acids is 1. The van der Waals surface area contributed by atoms with Crippen LogP contribution in [0, 0.1) is 11.3 Å². The molecule has 116 valence electrons. The molecule has 0 bridgehead atoms. The van der Waals surface area contributed by atoms with E-state index in [0.29, 0.717) is 18.5 Å². The highest BCUT2D eigenvalue weighted by molar-refractivity contribution is 5.75. The standard InChI is InChI=1S/C18H27NO2/c1-4-10-18(17(20)21)11-12-19(13-18)16(14(2)3)15-8-6-5-7-9-15/h5-9,14,16H,4,10-13H2,1-3H3,(H,20,21). The summed E-state index contributed by atoms with van der Waals surface area (Å²) in [4.78, 5) is 14.1. The van der Waals surface area contributed by atoms with Gasteiger partial charge in [0.05, 0.1) is 5.41 Å². The molecule has 3 nitrogen and oxygen atoms in total. The largest absolute Gasteiger partial charge is 0.481 e. The molecule has 1 N–H and O–H groups in total. The quantitative estimate of drug-likeness (QED) is 0.861. The number of nitrogens with zero attached hydrogens (tertiary/aromatic N) is 1. The van der Waals surface area contributed by atoms with Crippen molar-refractivity contribution in [2.24, 2.45) is 11.3 Å². The Kier molecular flexibility index (Phi) is 5.04. The van der Waals surface area contributed by atoms with Crippen LogP contribution in [0.15, 0.2) is 30.3 Å². The third kappa shape index (κ3) is 3.29. The Hall–Kier alpha value is -1.35. The van der Waals surface area contributed by atoms with Gasteiger partial charge < -0.3 is 5.11 Å². The molecule has 1 aromatic carbocycles. The minimum atomic E-state index is -0.623. The average molecular weight is 289 g/mol. The van der Waals surface area contributed by atoms with E-state index in [9.17, 15) is 9.90 Å². The van der Waals surface area contributed by atoms with Crippen molar-refractivity contribution in [3.05, 3.63) is 35.9 Å². The number of benzene rings is 1. The Morgan fingerprint density at radius 1 is 1.33 bits per heavy atom.